The molecule has 1 aliphatic carbocycles. The number of methoxy groups -OCH3 is 1. The smallest absolute Gasteiger partial charge is 0.266 e. The zero-order valence-corrected chi connectivity index (χ0v) is 18.8. The van der Waals surface area contributed by atoms with E-state index in [1.807, 2.05) is 48.5 Å². The molecular weight excluding hydrogens is 426 g/mol. The highest BCUT2D eigenvalue weighted by molar-refractivity contribution is 6.30. The summed E-state index contributed by atoms with van der Waals surface area (Å²) in [5.41, 5.74) is 1.83. The quantitative estimate of drug-likeness (QED) is 0.584. The molecule has 0 atom stereocenters. The van der Waals surface area contributed by atoms with Crippen LogP contribution in [0.2, 0.25) is 5.02 Å². The molecule has 1 aromatic heterocycles. The Labute approximate surface area is 192 Å². The first kappa shape index (κ1) is 22.1. The fraction of sp³-hybridized carbons (Fsp3) is 0.320. The molecule has 4 rings (SSSR count). The van der Waals surface area contributed by atoms with Gasteiger partial charge in [-0.25, -0.2) is 4.68 Å². The molecule has 32 heavy (non-hydrogen) atoms. The van der Waals surface area contributed by atoms with Gasteiger partial charge in [-0.05, 0) is 60.9 Å². The molecule has 6 nitrogen and oxygen atoms in total. The van der Waals surface area contributed by atoms with E-state index < -0.39 is 5.41 Å². The molecule has 0 bridgehead atoms. The van der Waals surface area contributed by atoms with E-state index in [9.17, 15) is 9.59 Å². The van der Waals surface area contributed by atoms with Crippen molar-refractivity contribution in [1.82, 2.24) is 15.1 Å². The van der Waals surface area contributed by atoms with Gasteiger partial charge in [0.2, 0.25) is 5.91 Å². The number of rotatable bonds is 7. The number of aromatic nitrogens is 2. The second kappa shape index (κ2) is 9.57. The van der Waals surface area contributed by atoms with Crippen LogP contribution in [0.1, 0.15) is 31.2 Å². The van der Waals surface area contributed by atoms with Crippen LogP contribution in [0.5, 0.6) is 5.75 Å². The van der Waals surface area contributed by atoms with Gasteiger partial charge in [-0.3, -0.25) is 9.59 Å². The van der Waals surface area contributed by atoms with Crippen LogP contribution in [0.25, 0.3) is 11.3 Å². The Bertz CT molecular complexity index is 1130. The summed E-state index contributed by atoms with van der Waals surface area (Å²) in [6.45, 7) is 0.623. The monoisotopic (exact) mass is 451 g/mol. The number of hydrogen-bond acceptors (Lipinski definition) is 4. The van der Waals surface area contributed by atoms with Gasteiger partial charge in [0.15, 0.2) is 0 Å². The third-order valence-electron chi connectivity index (χ3n) is 6.15. The van der Waals surface area contributed by atoms with Gasteiger partial charge in [-0.15, -0.1) is 0 Å². The molecule has 1 N–H and O–H groups in total. The van der Waals surface area contributed by atoms with Crippen LogP contribution >= 0.6 is 11.6 Å². The van der Waals surface area contributed by atoms with Crippen molar-refractivity contribution in [2.75, 3.05) is 13.7 Å². The SMILES string of the molecule is COc1ccc(-c2ccc(=O)n(CCNC(=O)C3(c4ccc(Cl)cc4)CCCC3)n2)cc1. The summed E-state index contributed by atoms with van der Waals surface area (Å²) < 4.78 is 6.58. The summed E-state index contributed by atoms with van der Waals surface area (Å²) in [4.78, 5) is 25.5. The molecule has 1 fully saturated rings. The predicted molar refractivity (Wildman–Crippen MR) is 125 cm³/mol. The van der Waals surface area contributed by atoms with E-state index in [0.29, 0.717) is 23.8 Å². The average Bonchev–Trinajstić information content (AvgIpc) is 3.32. The molecule has 1 heterocycles. The Morgan fingerprint density at radius 2 is 1.75 bits per heavy atom. The Morgan fingerprint density at radius 3 is 2.41 bits per heavy atom. The molecule has 166 valence electrons. The number of benzene rings is 2. The number of amides is 1. The average molecular weight is 452 g/mol. The van der Waals surface area contributed by atoms with Gasteiger partial charge < -0.3 is 10.1 Å². The first-order chi connectivity index (χ1) is 15.5. The van der Waals surface area contributed by atoms with Crippen LogP contribution < -0.4 is 15.6 Å². The summed E-state index contributed by atoms with van der Waals surface area (Å²) in [5, 5.41) is 8.17. The van der Waals surface area contributed by atoms with Crippen molar-refractivity contribution in [2.24, 2.45) is 0 Å². The minimum atomic E-state index is -0.534. The number of nitrogens with one attached hydrogen (secondary N) is 1. The van der Waals surface area contributed by atoms with Crippen molar-refractivity contribution >= 4 is 17.5 Å². The van der Waals surface area contributed by atoms with E-state index in [1.165, 1.54) is 10.7 Å². The van der Waals surface area contributed by atoms with Crippen molar-refractivity contribution in [2.45, 2.75) is 37.6 Å². The molecule has 0 saturated heterocycles. The minimum Gasteiger partial charge on any atom is -0.497 e. The van der Waals surface area contributed by atoms with Crippen LogP contribution in [0, 0.1) is 0 Å². The molecular formula is C25H26ClN3O3. The third-order valence-corrected chi connectivity index (χ3v) is 6.40. The van der Waals surface area contributed by atoms with E-state index in [0.717, 1.165) is 42.6 Å². The van der Waals surface area contributed by atoms with Crippen LogP contribution in [0.3, 0.4) is 0 Å². The minimum absolute atomic E-state index is 0.00307. The van der Waals surface area contributed by atoms with Crippen molar-refractivity contribution in [3.63, 3.8) is 0 Å². The van der Waals surface area contributed by atoms with E-state index in [1.54, 1.807) is 13.2 Å². The topological polar surface area (TPSA) is 73.2 Å². The van der Waals surface area contributed by atoms with Gasteiger partial charge in [0.05, 0.1) is 24.8 Å². The van der Waals surface area contributed by atoms with E-state index >= 15 is 0 Å². The van der Waals surface area contributed by atoms with Gasteiger partial charge in [-0.2, -0.15) is 5.10 Å². The Hall–Kier alpha value is -3.12. The summed E-state index contributed by atoms with van der Waals surface area (Å²) in [6.07, 6.45) is 3.65. The highest BCUT2D eigenvalue weighted by Gasteiger charge is 2.42. The van der Waals surface area contributed by atoms with Crippen molar-refractivity contribution < 1.29 is 9.53 Å². The normalized spacial score (nSPS) is 14.8. The molecule has 3 aromatic rings. The highest BCUT2D eigenvalue weighted by Crippen LogP contribution is 2.41. The lowest BCUT2D eigenvalue weighted by Crippen LogP contribution is -2.44. The van der Waals surface area contributed by atoms with Gasteiger partial charge in [0.1, 0.15) is 5.75 Å². The van der Waals surface area contributed by atoms with Crippen LogP contribution in [0.15, 0.2) is 65.5 Å². The molecule has 0 radical (unpaired) electrons. The largest absolute Gasteiger partial charge is 0.497 e. The van der Waals surface area contributed by atoms with Gasteiger partial charge in [-0.1, -0.05) is 36.6 Å². The molecule has 2 aromatic carbocycles. The van der Waals surface area contributed by atoms with Crippen LogP contribution in [-0.4, -0.2) is 29.3 Å². The lowest BCUT2D eigenvalue weighted by molar-refractivity contribution is -0.126. The lowest BCUT2D eigenvalue weighted by Gasteiger charge is -2.28. The zero-order chi connectivity index (χ0) is 22.6. The maximum atomic E-state index is 13.2. The second-order valence-electron chi connectivity index (χ2n) is 8.06. The number of ether oxygens (including phenoxy) is 1. The third kappa shape index (κ3) is 4.55. The first-order valence-corrected chi connectivity index (χ1v) is 11.2. The lowest BCUT2D eigenvalue weighted by atomic mass is 9.78. The van der Waals surface area contributed by atoms with Crippen molar-refractivity contribution in [3.8, 4) is 17.0 Å². The summed E-state index contributed by atoms with van der Waals surface area (Å²) in [5.74, 6) is 0.753. The number of carbonyl (C=O) groups is 1. The fourth-order valence-corrected chi connectivity index (χ4v) is 4.49. The fourth-order valence-electron chi connectivity index (χ4n) is 4.36. The summed E-state index contributed by atoms with van der Waals surface area (Å²) in [6, 6.07) is 18.2. The van der Waals surface area contributed by atoms with Gasteiger partial charge in [0.25, 0.3) is 5.56 Å². The maximum absolute atomic E-state index is 13.2. The van der Waals surface area contributed by atoms with Crippen molar-refractivity contribution in [1.29, 1.82) is 0 Å². The van der Waals surface area contributed by atoms with Gasteiger partial charge >= 0.3 is 0 Å². The number of halogens is 1. The van der Waals surface area contributed by atoms with Crippen LogP contribution in [-0.2, 0) is 16.8 Å². The standard InChI is InChI=1S/C25H26ClN3O3/c1-32-21-10-4-18(5-11-21)22-12-13-23(30)29(28-22)17-16-27-24(31)25(14-2-3-15-25)19-6-8-20(26)9-7-19/h4-13H,2-3,14-17H2,1H3,(H,27,31). The molecule has 1 saturated carbocycles. The maximum Gasteiger partial charge on any atom is 0.266 e. The molecule has 0 unspecified atom stereocenters. The Balaban J connectivity index is 1.46. The number of nitrogens with zero attached hydrogens (tertiary/aromatic N) is 2. The molecule has 1 aliphatic rings. The summed E-state index contributed by atoms with van der Waals surface area (Å²) >= 11 is 6.04. The van der Waals surface area contributed by atoms with E-state index in [4.69, 9.17) is 16.3 Å². The van der Waals surface area contributed by atoms with E-state index in [-0.39, 0.29) is 11.5 Å². The van der Waals surface area contributed by atoms with Gasteiger partial charge in [0, 0.05) is 23.2 Å². The molecule has 0 spiro atoms. The zero-order valence-electron chi connectivity index (χ0n) is 18.0. The first-order valence-electron chi connectivity index (χ1n) is 10.8. The molecule has 0 aliphatic heterocycles. The van der Waals surface area contributed by atoms with Crippen molar-refractivity contribution in [3.05, 3.63) is 81.6 Å². The number of carbonyl (C=O) groups excluding carboxylic acids is 1. The molecule has 1 amide bonds. The Kier molecular flexibility index (Phi) is 6.61. The Morgan fingerprint density at radius 1 is 1.06 bits per heavy atom. The highest BCUT2D eigenvalue weighted by atomic mass is 35.5. The second-order valence-corrected chi connectivity index (χ2v) is 8.50. The predicted octanol–water partition coefficient (Wildman–Crippen LogP) is 4.20. The summed E-state index contributed by atoms with van der Waals surface area (Å²) in [7, 11) is 1.62. The number of hydrogen-bond donors (Lipinski definition) is 1. The van der Waals surface area contributed by atoms with E-state index in [2.05, 4.69) is 10.4 Å². The van der Waals surface area contributed by atoms with Crippen LogP contribution in [0.4, 0.5) is 0 Å². The molecule has 7 heteroatoms.